The lowest BCUT2D eigenvalue weighted by Gasteiger charge is -2.25. The summed E-state index contributed by atoms with van der Waals surface area (Å²) in [6.07, 6.45) is -4.13. The molecule has 1 aromatic carbocycles. The van der Waals surface area contributed by atoms with Crippen LogP contribution in [0.2, 0.25) is 0 Å². The summed E-state index contributed by atoms with van der Waals surface area (Å²) >= 11 is 5.89. The molecule has 0 radical (unpaired) electrons. The van der Waals surface area contributed by atoms with Crippen molar-refractivity contribution in [2.75, 3.05) is 6.54 Å². The van der Waals surface area contributed by atoms with Gasteiger partial charge in [-0.15, -0.1) is 11.6 Å². The molecule has 1 aromatic rings. The molecule has 104 valence electrons. The number of amides is 1. The Morgan fingerprint density at radius 2 is 2.11 bits per heavy atom. The molecule has 2 unspecified atom stereocenters. The Morgan fingerprint density at radius 1 is 1.42 bits per heavy atom. The molecule has 6 heteroatoms. The Balaban J connectivity index is 2.25. The van der Waals surface area contributed by atoms with Gasteiger partial charge in [0.05, 0.1) is 17.0 Å². The maximum absolute atomic E-state index is 12.6. The molecule has 1 amide bonds. The van der Waals surface area contributed by atoms with Crippen molar-refractivity contribution >= 4 is 17.5 Å². The number of benzene rings is 1. The molecule has 1 aliphatic heterocycles. The van der Waals surface area contributed by atoms with Gasteiger partial charge in [0.15, 0.2) is 0 Å². The Bertz CT molecular complexity index is 489. The summed E-state index contributed by atoms with van der Waals surface area (Å²) in [7, 11) is 0. The number of nitrogens with zero attached hydrogens (tertiary/aromatic N) is 1. The highest BCUT2D eigenvalue weighted by molar-refractivity contribution is 6.22. The first-order valence-electron chi connectivity index (χ1n) is 5.89. The van der Waals surface area contributed by atoms with Crippen LogP contribution in [-0.2, 0) is 11.0 Å². The highest BCUT2D eigenvalue weighted by atomic mass is 35.5. The smallest absolute Gasteiger partial charge is 0.334 e. The third-order valence-corrected chi connectivity index (χ3v) is 3.57. The zero-order valence-corrected chi connectivity index (χ0v) is 11.0. The average molecular weight is 292 g/mol. The van der Waals surface area contributed by atoms with Gasteiger partial charge in [0, 0.05) is 13.0 Å². The summed E-state index contributed by atoms with van der Waals surface area (Å²) in [4.78, 5) is 13.2. The Morgan fingerprint density at radius 3 is 2.63 bits per heavy atom. The maximum Gasteiger partial charge on any atom is 0.416 e. The Labute approximate surface area is 114 Å². The normalized spacial score (nSPS) is 21.8. The molecule has 19 heavy (non-hydrogen) atoms. The summed E-state index contributed by atoms with van der Waals surface area (Å²) < 4.78 is 37.9. The molecule has 0 N–H and O–H groups in total. The maximum atomic E-state index is 12.6. The second-order valence-electron chi connectivity index (χ2n) is 4.65. The van der Waals surface area contributed by atoms with Crippen LogP contribution in [0.5, 0.6) is 0 Å². The zero-order valence-electron chi connectivity index (χ0n) is 10.2. The lowest BCUT2D eigenvalue weighted by atomic mass is 10.0. The van der Waals surface area contributed by atoms with Gasteiger partial charge in [-0.25, -0.2) is 0 Å². The number of hydrogen-bond acceptors (Lipinski definition) is 1. The van der Waals surface area contributed by atoms with Gasteiger partial charge in [-0.05, 0) is 24.6 Å². The van der Waals surface area contributed by atoms with E-state index in [1.807, 2.05) is 0 Å². The molecule has 2 nitrogen and oxygen atoms in total. The Kier molecular flexibility index (Phi) is 3.76. The van der Waals surface area contributed by atoms with Crippen molar-refractivity contribution in [3.8, 4) is 0 Å². The molecule has 0 spiro atoms. The quantitative estimate of drug-likeness (QED) is 0.762. The van der Waals surface area contributed by atoms with Crippen LogP contribution in [0.3, 0.4) is 0 Å². The summed E-state index contributed by atoms with van der Waals surface area (Å²) in [5, 5.41) is -0.263. The fraction of sp³-hybridized carbons (Fsp3) is 0.462. The van der Waals surface area contributed by atoms with E-state index in [1.54, 1.807) is 13.0 Å². The van der Waals surface area contributed by atoms with E-state index in [4.69, 9.17) is 11.6 Å². The number of rotatable bonds is 2. The molecule has 2 atom stereocenters. The summed E-state index contributed by atoms with van der Waals surface area (Å²) in [5.74, 6) is -0.120. The number of hydrogen-bond donors (Lipinski definition) is 0. The van der Waals surface area contributed by atoms with Gasteiger partial charge in [0.1, 0.15) is 0 Å². The second-order valence-corrected chi connectivity index (χ2v) is 5.26. The van der Waals surface area contributed by atoms with Gasteiger partial charge in [-0.2, -0.15) is 13.2 Å². The molecule has 1 fully saturated rings. The van der Waals surface area contributed by atoms with Crippen molar-refractivity contribution in [3.63, 3.8) is 0 Å². The van der Waals surface area contributed by atoms with E-state index in [0.29, 0.717) is 12.1 Å². The average Bonchev–Trinajstić information content (AvgIpc) is 2.66. The van der Waals surface area contributed by atoms with Gasteiger partial charge in [0.2, 0.25) is 5.91 Å². The molecule has 2 rings (SSSR count). The number of carbonyl (C=O) groups excluding carboxylic acids is 1. The van der Waals surface area contributed by atoms with Crippen LogP contribution >= 0.6 is 11.6 Å². The molecular formula is C13H13ClF3NO. The van der Waals surface area contributed by atoms with Gasteiger partial charge in [-0.1, -0.05) is 12.1 Å². The molecule has 1 heterocycles. The topological polar surface area (TPSA) is 20.3 Å². The summed E-state index contributed by atoms with van der Waals surface area (Å²) in [5.41, 5.74) is -0.236. The first kappa shape index (κ1) is 14.2. The highest BCUT2D eigenvalue weighted by Crippen LogP contribution is 2.33. The van der Waals surface area contributed by atoms with Crippen molar-refractivity contribution in [2.45, 2.75) is 30.9 Å². The van der Waals surface area contributed by atoms with Crippen LogP contribution in [-0.4, -0.2) is 22.7 Å². The van der Waals surface area contributed by atoms with Crippen molar-refractivity contribution in [2.24, 2.45) is 0 Å². The molecular weight excluding hydrogens is 279 g/mol. The predicted molar refractivity (Wildman–Crippen MR) is 65.8 cm³/mol. The highest BCUT2D eigenvalue weighted by Gasteiger charge is 2.34. The minimum atomic E-state index is -4.38. The van der Waals surface area contributed by atoms with Crippen LogP contribution in [0, 0.1) is 0 Å². The molecule has 0 bridgehead atoms. The van der Waals surface area contributed by atoms with Crippen molar-refractivity contribution in [1.29, 1.82) is 0 Å². The SMILES string of the molecule is CC(c1cccc(C(F)(F)F)c1)N1CC(Cl)CC1=O. The van der Waals surface area contributed by atoms with E-state index >= 15 is 0 Å². The van der Waals surface area contributed by atoms with Crippen molar-refractivity contribution < 1.29 is 18.0 Å². The van der Waals surface area contributed by atoms with E-state index in [1.165, 1.54) is 11.0 Å². The van der Waals surface area contributed by atoms with Crippen LogP contribution in [0.15, 0.2) is 24.3 Å². The fourth-order valence-electron chi connectivity index (χ4n) is 2.22. The van der Waals surface area contributed by atoms with Crippen molar-refractivity contribution in [1.82, 2.24) is 4.90 Å². The first-order chi connectivity index (χ1) is 8.79. The van der Waals surface area contributed by atoms with Gasteiger partial charge >= 0.3 is 6.18 Å². The predicted octanol–water partition coefficient (Wildman–Crippen LogP) is 3.61. The van der Waals surface area contributed by atoms with E-state index in [2.05, 4.69) is 0 Å². The molecule has 0 saturated carbocycles. The lowest BCUT2D eigenvalue weighted by Crippen LogP contribution is -2.28. The minimum Gasteiger partial charge on any atom is -0.334 e. The van der Waals surface area contributed by atoms with Crippen LogP contribution in [0.25, 0.3) is 0 Å². The van der Waals surface area contributed by atoms with Crippen LogP contribution < -0.4 is 0 Å². The third-order valence-electron chi connectivity index (χ3n) is 3.28. The van der Waals surface area contributed by atoms with E-state index in [9.17, 15) is 18.0 Å². The first-order valence-corrected chi connectivity index (χ1v) is 6.33. The molecule has 0 aliphatic carbocycles. The standard InChI is InChI=1S/C13H13ClF3NO/c1-8(18-7-11(14)6-12(18)19)9-3-2-4-10(5-9)13(15,16)17/h2-5,8,11H,6-7H2,1H3. The number of alkyl halides is 4. The zero-order chi connectivity index (χ0) is 14.2. The molecule has 0 aromatic heterocycles. The summed E-state index contributed by atoms with van der Waals surface area (Å²) in [6, 6.07) is 4.65. The third kappa shape index (κ3) is 3.03. The molecule has 1 saturated heterocycles. The van der Waals surface area contributed by atoms with Crippen molar-refractivity contribution in [3.05, 3.63) is 35.4 Å². The minimum absolute atomic E-state index is 0.120. The number of halogens is 4. The largest absolute Gasteiger partial charge is 0.416 e. The monoisotopic (exact) mass is 291 g/mol. The van der Waals surface area contributed by atoms with E-state index in [-0.39, 0.29) is 17.7 Å². The fourth-order valence-corrected chi connectivity index (χ4v) is 2.50. The second kappa shape index (κ2) is 5.04. The lowest BCUT2D eigenvalue weighted by molar-refractivity contribution is -0.137. The number of carbonyl (C=O) groups is 1. The number of likely N-dealkylation sites (tertiary alicyclic amines) is 1. The van der Waals surface area contributed by atoms with Gasteiger partial charge in [0.25, 0.3) is 0 Å². The molecule has 1 aliphatic rings. The van der Waals surface area contributed by atoms with E-state index < -0.39 is 17.8 Å². The Hall–Kier alpha value is -1.23. The van der Waals surface area contributed by atoms with Gasteiger partial charge < -0.3 is 4.90 Å². The van der Waals surface area contributed by atoms with Gasteiger partial charge in [-0.3, -0.25) is 4.79 Å². The van der Waals surface area contributed by atoms with Crippen LogP contribution in [0.4, 0.5) is 13.2 Å². The van der Waals surface area contributed by atoms with E-state index in [0.717, 1.165) is 12.1 Å². The summed E-state index contributed by atoms with van der Waals surface area (Å²) in [6.45, 7) is 2.08. The van der Waals surface area contributed by atoms with Crippen LogP contribution in [0.1, 0.15) is 30.5 Å².